The molecule has 1 heterocycles. The van der Waals surface area contributed by atoms with Gasteiger partial charge in [-0.25, -0.2) is 0 Å². The number of ether oxygens (including phenoxy) is 2. The molecule has 2 rings (SSSR count). The summed E-state index contributed by atoms with van der Waals surface area (Å²) in [4.78, 5) is 0. The van der Waals surface area contributed by atoms with Crippen LogP contribution in [0.25, 0.3) is 0 Å². The fourth-order valence-corrected chi connectivity index (χ4v) is 4.32. The molecule has 0 atom stereocenters. The van der Waals surface area contributed by atoms with E-state index >= 15 is 0 Å². The van der Waals surface area contributed by atoms with Gasteiger partial charge < -0.3 is 14.8 Å². The lowest BCUT2D eigenvalue weighted by atomic mass is 10.1. The highest BCUT2D eigenvalue weighted by Crippen LogP contribution is 2.36. The Morgan fingerprint density at radius 2 is 2.10 bits per heavy atom. The summed E-state index contributed by atoms with van der Waals surface area (Å²) in [5.41, 5.74) is 1.15. The molecule has 0 aliphatic carbocycles. The van der Waals surface area contributed by atoms with E-state index in [4.69, 9.17) is 9.47 Å². The number of rotatable bonds is 6. The highest BCUT2D eigenvalue weighted by molar-refractivity contribution is 9.10. The Morgan fingerprint density at radius 3 is 2.71 bits per heavy atom. The summed E-state index contributed by atoms with van der Waals surface area (Å²) in [6.07, 6.45) is 1.98. The second kappa shape index (κ2) is 8.15. The summed E-state index contributed by atoms with van der Waals surface area (Å²) in [6, 6.07) is 4.52. The maximum absolute atomic E-state index is 11.4. The minimum atomic E-state index is -0.607. The molecule has 0 aromatic heterocycles. The average Bonchev–Trinajstić information content (AvgIpc) is 2.49. The zero-order valence-corrected chi connectivity index (χ0v) is 14.9. The first kappa shape index (κ1) is 16.8. The van der Waals surface area contributed by atoms with Crippen molar-refractivity contribution in [3.05, 3.63) is 22.2 Å². The van der Waals surface area contributed by atoms with E-state index in [-0.39, 0.29) is 0 Å². The van der Waals surface area contributed by atoms with Crippen LogP contribution in [0.1, 0.15) is 25.3 Å². The number of benzene rings is 1. The van der Waals surface area contributed by atoms with Crippen LogP contribution in [-0.2, 0) is 17.3 Å². The molecule has 1 aliphatic rings. The van der Waals surface area contributed by atoms with Crippen LogP contribution in [0.5, 0.6) is 11.5 Å². The lowest BCUT2D eigenvalue weighted by Gasteiger charge is -2.23. The molecule has 6 heteroatoms. The minimum Gasteiger partial charge on any atom is -0.493 e. The molecule has 1 N–H and O–H groups in total. The van der Waals surface area contributed by atoms with Crippen LogP contribution in [0.4, 0.5) is 0 Å². The molecule has 118 valence electrons. The first-order chi connectivity index (χ1) is 10.1. The summed E-state index contributed by atoms with van der Waals surface area (Å²) >= 11 is 3.54. The Bertz CT molecular complexity index is 500. The standard InChI is InChI=1S/C15H22BrNO3S/c1-3-20-15-13(16)8-11(9-14(15)19-2)10-17-12-4-6-21(18)7-5-12/h8-9,12,17H,3-7,10H2,1-2H3. The van der Waals surface area contributed by atoms with Gasteiger partial charge >= 0.3 is 0 Å². The van der Waals surface area contributed by atoms with Crippen molar-refractivity contribution in [2.24, 2.45) is 0 Å². The Hall–Kier alpha value is -0.590. The Kier molecular flexibility index (Phi) is 6.51. The van der Waals surface area contributed by atoms with Gasteiger partial charge in [0.1, 0.15) is 0 Å². The van der Waals surface area contributed by atoms with Gasteiger partial charge in [0.05, 0.1) is 18.2 Å². The molecule has 1 fully saturated rings. The van der Waals surface area contributed by atoms with E-state index in [1.54, 1.807) is 7.11 Å². The zero-order valence-electron chi connectivity index (χ0n) is 12.5. The quantitative estimate of drug-likeness (QED) is 0.830. The topological polar surface area (TPSA) is 47.6 Å². The lowest BCUT2D eigenvalue weighted by Crippen LogP contribution is -2.35. The second-order valence-electron chi connectivity index (χ2n) is 5.05. The molecule has 0 radical (unpaired) electrons. The van der Waals surface area contributed by atoms with Crippen molar-refractivity contribution in [2.45, 2.75) is 32.4 Å². The second-order valence-corrected chi connectivity index (χ2v) is 7.60. The Labute approximate surface area is 137 Å². The fourth-order valence-electron chi connectivity index (χ4n) is 2.42. The molecule has 0 spiro atoms. The monoisotopic (exact) mass is 375 g/mol. The number of halogens is 1. The van der Waals surface area contributed by atoms with Crippen LogP contribution in [-0.4, -0.2) is 35.5 Å². The number of methoxy groups -OCH3 is 1. The molecular formula is C15H22BrNO3S. The van der Waals surface area contributed by atoms with E-state index in [9.17, 15) is 4.21 Å². The first-order valence-electron chi connectivity index (χ1n) is 7.21. The van der Waals surface area contributed by atoms with Gasteiger partial charge in [0, 0.05) is 34.9 Å². The van der Waals surface area contributed by atoms with Crippen molar-refractivity contribution in [3.63, 3.8) is 0 Å². The fraction of sp³-hybridized carbons (Fsp3) is 0.600. The molecule has 4 nitrogen and oxygen atoms in total. The Balaban J connectivity index is 2.00. The van der Waals surface area contributed by atoms with Crippen molar-refractivity contribution in [2.75, 3.05) is 25.2 Å². The Morgan fingerprint density at radius 1 is 1.38 bits per heavy atom. The van der Waals surface area contributed by atoms with Crippen LogP contribution in [0.2, 0.25) is 0 Å². The van der Waals surface area contributed by atoms with Gasteiger partial charge in [-0.05, 0) is 53.4 Å². The molecule has 1 aromatic carbocycles. The predicted octanol–water partition coefficient (Wildman–Crippen LogP) is 2.86. The number of hydrogen-bond donors (Lipinski definition) is 1. The van der Waals surface area contributed by atoms with Crippen LogP contribution in [0, 0.1) is 0 Å². The summed E-state index contributed by atoms with van der Waals surface area (Å²) < 4.78 is 23.3. The third kappa shape index (κ3) is 4.69. The third-order valence-electron chi connectivity index (χ3n) is 3.56. The van der Waals surface area contributed by atoms with Gasteiger partial charge in [-0.3, -0.25) is 4.21 Å². The van der Waals surface area contributed by atoms with Gasteiger partial charge in [-0.15, -0.1) is 0 Å². The van der Waals surface area contributed by atoms with E-state index < -0.39 is 10.8 Å². The van der Waals surface area contributed by atoms with Gasteiger partial charge in [-0.1, -0.05) is 0 Å². The normalized spacial score (nSPS) is 22.0. The molecule has 0 saturated carbocycles. The zero-order chi connectivity index (χ0) is 15.2. The molecule has 21 heavy (non-hydrogen) atoms. The number of hydrogen-bond acceptors (Lipinski definition) is 4. The van der Waals surface area contributed by atoms with Crippen molar-refractivity contribution in [3.8, 4) is 11.5 Å². The van der Waals surface area contributed by atoms with E-state index in [1.165, 1.54) is 0 Å². The smallest absolute Gasteiger partial charge is 0.175 e. The minimum absolute atomic E-state index is 0.457. The molecule has 1 saturated heterocycles. The maximum atomic E-state index is 11.4. The highest BCUT2D eigenvalue weighted by atomic mass is 79.9. The van der Waals surface area contributed by atoms with Crippen LogP contribution in [0.3, 0.4) is 0 Å². The van der Waals surface area contributed by atoms with Gasteiger partial charge in [0.15, 0.2) is 11.5 Å². The summed E-state index contributed by atoms with van der Waals surface area (Å²) in [5, 5.41) is 3.54. The van der Waals surface area contributed by atoms with Crippen molar-refractivity contribution < 1.29 is 13.7 Å². The first-order valence-corrected chi connectivity index (χ1v) is 9.49. The van der Waals surface area contributed by atoms with E-state index in [2.05, 4.69) is 27.3 Å². The largest absolute Gasteiger partial charge is 0.493 e. The van der Waals surface area contributed by atoms with Crippen molar-refractivity contribution >= 4 is 26.7 Å². The number of nitrogens with one attached hydrogen (secondary N) is 1. The van der Waals surface area contributed by atoms with Crippen LogP contribution < -0.4 is 14.8 Å². The van der Waals surface area contributed by atoms with Gasteiger partial charge in [0.2, 0.25) is 0 Å². The predicted molar refractivity (Wildman–Crippen MR) is 89.6 cm³/mol. The molecular weight excluding hydrogens is 354 g/mol. The van der Waals surface area contributed by atoms with E-state index in [0.29, 0.717) is 12.6 Å². The summed E-state index contributed by atoms with van der Waals surface area (Å²) in [6.45, 7) is 3.33. The SMILES string of the molecule is CCOc1c(Br)cc(CNC2CCS(=O)CC2)cc1OC. The molecule has 0 bridgehead atoms. The summed E-state index contributed by atoms with van der Waals surface area (Å²) in [7, 11) is 1.04. The average molecular weight is 376 g/mol. The summed E-state index contributed by atoms with van der Waals surface area (Å²) in [5.74, 6) is 3.12. The van der Waals surface area contributed by atoms with Crippen molar-refractivity contribution in [1.82, 2.24) is 5.32 Å². The van der Waals surface area contributed by atoms with E-state index in [1.807, 2.05) is 13.0 Å². The maximum Gasteiger partial charge on any atom is 0.175 e. The van der Waals surface area contributed by atoms with E-state index in [0.717, 1.165) is 52.4 Å². The molecule has 1 aliphatic heterocycles. The lowest BCUT2D eigenvalue weighted by molar-refractivity contribution is 0.308. The molecule has 0 unspecified atom stereocenters. The molecule has 1 aromatic rings. The van der Waals surface area contributed by atoms with Crippen LogP contribution >= 0.6 is 15.9 Å². The third-order valence-corrected chi connectivity index (χ3v) is 5.53. The van der Waals surface area contributed by atoms with Crippen molar-refractivity contribution in [1.29, 1.82) is 0 Å². The van der Waals surface area contributed by atoms with Gasteiger partial charge in [0.25, 0.3) is 0 Å². The van der Waals surface area contributed by atoms with Gasteiger partial charge in [-0.2, -0.15) is 0 Å². The molecule has 0 amide bonds. The van der Waals surface area contributed by atoms with Crippen LogP contribution in [0.15, 0.2) is 16.6 Å². The highest BCUT2D eigenvalue weighted by Gasteiger charge is 2.18.